The van der Waals surface area contributed by atoms with Crippen LogP contribution in [0.2, 0.25) is 5.32 Å². The van der Waals surface area contributed by atoms with Gasteiger partial charge in [-0.2, -0.15) is 0 Å². The number of rotatable bonds is 2. The first-order chi connectivity index (χ1) is 4.43. The van der Waals surface area contributed by atoms with Crippen molar-refractivity contribution in [1.29, 1.82) is 0 Å². The molecule has 1 unspecified atom stereocenters. The van der Waals surface area contributed by atoms with E-state index in [1.54, 1.807) is 0 Å². The van der Waals surface area contributed by atoms with E-state index >= 15 is 0 Å². The van der Waals surface area contributed by atoms with Gasteiger partial charge in [-0.1, -0.05) is 0 Å². The van der Waals surface area contributed by atoms with Crippen LogP contribution in [-0.4, -0.2) is 19.5 Å². The van der Waals surface area contributed by atoms with Crippen LogP contribution in [0.1, 0.15) is 0 Å². The molecule has 0 aliphatic carbocycles. The van der Waals surface area contributed by atoms with E-state index in [1.807, 2.05) is 28.9 Å². The molecule has 1 aliphatic rings. The number of hydrogen-bond donors (Lipinski definition) is 0. The molecule has 0 aromatic heterocycles. The molecule has 0 amide bonds. The summed E-state index contributed by atoms with van der Waals surface area (Å²) in [7, 11) is 0. The van der Waals surface area contributed by atoms with E-state index in [4.69, 9.17) is 0 Å². The zero-order valence-corrected chi connectivity index (χ0v) is 8.29. The minimum atomic E-state index is 0.756. The third kappa shape index (κ3) is 2.85. The molecule has 1 atom stereocenters. The van der Waals surface area contributed by atoms with Crippen LogP contribution in [0.15, 0.2) is 22.4 Å². The van der Waals surface area contributed by atoms with Gasteiger partial charge in [0.15, 0.2) is 0 Å². The van der Waals surface area contributed by atoms with E-state index in [9.17, 15) is 0 Å². The van der Waals surface area contributed by atoms with Crippen molar-refractivity contribution in [3.63, 3.8) is 0 Å². The van der Waals surface area contributed by atoms with Gasteiger partial charge in [0, 0.05) is 0 Å². The molecule has 0 saturated heterocycles. The first kappa shape index (κ1) is 7.80. The summed E-state index contributed by atoms with van der Waals surface area (Å²) < 4.78 is 0.757. The van der Waals surface area contributed by atoms with Crippen molar-refractivity contribution < 1.29 is 0 Å². The third-order valence-corrected chi connectivity index (χ3v) is 6.09. The molecule has 0 nitrogen and oxygen atoms in total. The van der Waals surface area contributed by atoms with Crippen molar-refractivity contribution in [3.8, 4) is 0 Å². The Labute approximate surface area is 70.7 Å². The van der Waals surface area contributed by atoms with Crippen molar-refractivity contribution in [2.24, 2.45) is 0 Å². The molecule has 3 heteroatoms. The van der Waals surface area contributed by atoms with Crippen LogP contribution in [0, 0.1) is 0 Å². The fourth-order valence-electron chi connectivity index (χ4n) is 0.511. The summed E-state index contributed by atoms with van der Waals surface area (Å²) in [5, 5.41) is 5.50. The van der Waals surface area contributed by atoms with Crippen LogP contribution in [-0.2, 0) is 0 Å². The molecular formula is C6H8S2Se. The van der Waals surface area contributed by atoms with Crippen LogP contribution >= 0.6 is 23.5 Å². The predicted octanol–water partition coefficient (Wildman–Crippen LogP) is 2.53. The van der Waals surface area contributed by atoms with Crippen LogP contribution < -0.4 is 0 Å². The maximum atomic E-state index is 3.69. The van der Waals surface area contributed by atoms with Gasteiger partial charge in [0.25, 0.3) is 0 Å². The Morgan fingerprint density at radius 2 is 2.78 bits per heavy atom. The van der Waals surface area contributed by atoms with Crippen LogP contribution in [0.4, 0.5) is 0 Å². The minimum absolute atomic E-state index is 0.756. The fourth-order valence-corrected chi connectivity index (χ4v) is 5.15. The van der Waals surface area contributed by atoms with Gasteiger partial charge >= 0.3 is 70.8 Å². The van der Waals surface area contributed by atoms with E-state index in [2.05, 4.69) is 17.0 Å². The average Bonchev–Trinajstić information content (AvgIpc) is 1.91. The second kappa shape index (κ2) is 4.50. The maximum absolute atomic E-state index is 3.69. The Balaban J connectivity index is 2.26. The van der Waals surface area contributed by atoms with E-state index in [-0.39, 0.29) is 0 Å². The van der Waals surface area contributed by atoms with Gasteiger partial charge in [-0.25, -0.2) is 0 Å². The van der Waals surface area contributed by atoms with Gasteiger partial charge in [-0.3, -0.25) is 0 Å². The summed E-state index contributed by atoms with van der Waals surface area (Å²) in [6.07, 6.45) is 0. The summed E-state index contributed by atoms with van der Waals surface area (Å²) >= 11 is 4.51. The Kier molecular flexibility index (Phi) is 3.91. The monoisotopic (exact) mass is 224 g/mol. The van der Waals surface area contributed by atoms with Crippen molar-refractivity contribution >= 4 is 38.5 Å². The van der Waals surface area contributed by atoms with Gasteiger partial charge in [-0.05, 0) is 0 Å². The molecule has 0 bridgehead atoms. The summed E-state index contributed by atoms with van der Waals surface area (Å²) in [5.41, 5.74) is 0. The second-order valence-electron chi connectivity index (χ2n) is 1.47. The molecular weight excluding hydrogens is 215 g/mol. The molecule has 1 rings (SSSR count). The van der Waals surface area contributed by atoms with Gasteiger partial charge in [0.1, 0.15) is 0 Å². The standard InChI is InChI=1S/C6H8S2Se/c1-2-7-6-5-9-4-3-8-6/h2-4,6H,1,5H2. The van der Waals surface area contributed by atoms with E-state index in [0.29, 0.717) is 0 Å². The topological polar surface area (TPSA) is 0 Å². The van der Waals surface area contributed by atoms with Crippen molar-refractivity contribution in [3.05, 3.63) is 22.4 Å². The molecule has 1 aliphatic heterocycles. The van der Waals surface area contributed by atoms with E-state index < -0.39 is 0 Å². The molecule has 1 heterocycles. The zero-order valence-electron chi connectivity index (χ0n) is 4.95. The second-order valence-corrected chi connectivity index (χ2v) is 6.03. The zero-order chi connectivity index (χ0) is 6.53. The molecule has 0 spiro atoms. The predicted molar refractivity (Wildman–Crippen MR) is 48.9 cm³/mol. The van der Waals surface area contributed by atoms with Gasteiger partial charge in [0.05, 0.1) is 0 Å². The van der Waals surface area contributed by atoms with Crippen molar-refractivity contribution in [1.82, 2.24) is 0 Å². The molecule has 0 fully saturated rings. The normalized spacial score (nSPS) is 26.0. The van der Waals surface area contributed by atoms with E-state index in [1.165, 1.54) is 5.32 Å². The van der Waals surface area contributed by atoms with Crippen LogP contribution in [0.25, 0.3) is 0 Å². The quantitative estimate of drug-likeness (QED) is 0.660. The number of thioether (sulfide) groups is 2. The molecule has 9 heavy (non-hydrogen) atoms. The van der Waals surface area contributed by atoms with Gasteiger partial charge < -0.3 is 0 Å². The molecule has 50 valence electrons. The van der Waals surface area contributed by atoms with E-state index in [0.717, 1.165) is 19.5 Å². The van der Waals surface area contributed by atoms with Crippen LogP contribution in [0.3, 0.4) is 0 Å². The van der Waals surface area contributed by atoms with Gasteiger partial charge in [-0.15, -0.1) is 0 Å². The first-order valence-electron chi connectivity index (χ1n) is 2.62. The molecule has 0 aromatic carbocycles. The summed E-state index contributed by atoms with van der Waals surface area (Å²) in [6.45, 7) is 3.69. The molecule has 0 radical (unpaired) electrons. The van der Waals surface area contributed by atoms with Gasteiger partial charge in [0.2, 0.25) is 0 Å². The third-order valence-electron chi connectivity index (χ3n) is 0.862. The molecule has 0 saturated carbocycles. The Bertz CT molecular complexity index is 122. The number of hydrogen-bond acceptors (Lipinski definition) is 2. The SMILES string of the molecule is C=CSC1C[Se]C=CS1. The summed E-state index contributed by atoms with van der Waals surface area (Å²) in [5.74, 6) is 0. The Morgan fingerprint density at radius 1 is 1.89 bits per heavy atom. The Hall–Kier alpha value is 0.699. The molecule has 0 aromatic rings. The summed E-state index contributed by atoms with van der Waals surface area (Å²) in [4.78, 5) is 2.29. The first-order valence-corrected chi connectivity index (χ1v) is 6.70. The average molecular weight is 223 g/mol. The van der Waals surface area contributed by atoms with Crippen molar-refractivity contribution in [2.75, 3.05) is 0 Å². The van der Waals surface area contributed by atoms with Crippen LogP contribution in [0.5, 0.6) is 0 Å². The fraction of sp³-hybridized carbons (Fsp3) is 0.333. The molecule has 0 N–H and O–H groups in total. The Morgan fingerprint density at radius 3 is 3.33 bits per heavy atom. The summed E-state index contributed by atoms with van der Waals surface area (Å²) in [6, 6.07) is 0. The van der Waals surface area contributed by atoms with Crippen molar-refractivity contribution in [2.45, 2.75) is 9.90 Å².